The summed E-state index contributed by atoms with van der Waals surface area (Å²) >= 11 is 0. The van der Waals surface area contributed by atoms with Crippen LogP contribution in [-0.4, -0.2) is 24.5 Å². The lowest BCUT2D eigenvalue weighted by Gasteiger charge is -2.31. The van der Waals surface area contributed by atoms with Gasteiger partial charge in [-0.15, -0.1) is 0 Å². The van der Waals surface area contributed by atoms with E-state index < -0.39 is 0 Å². The number of hydrogen-bond donors (Lipinski definition) is 1. The average Bonchev–Trinajstić information content (AvgIpc) is 2.57. The summed E-state index contributed by atoms with van der Waals surface area (Å²) in [5.74, 6) is 0.738. The Balaban J connectivity index is 1.60. The molecule has 21 heavy (non-hydrogen) atoms. The maximum absolute atomic E-state index is 5.75. The summed E-state index contributed by atoms with van der Waals surface area (Å²) in [5, 5.41) is 0. The molecule has 0 saturated carbocycles. The van der Waals surface area contributed by atoms with Crippen LogP contribution in [0.25, 0.3) is 11.1 Å². The van der Waals surface area contributed by atoms with Crippen LogP contribution in [0.5, 0.6) is 0 Å². The summed E-state index contributed by atoms with van der Waals surface area (Å²) in [6.45, 7) is 4.27. The molecule has 2 heteroatoms. The van der Waals surface area contributed by atoms with Gasteiger partial charge in [0.05, 0.1) is 0 Å². The lowest BCUT2D eigenvalue weighted by molar-refractivity contribution is 0.180. The van der Waals surface area contributed by atoms with E-state index in [0.29, 0.717) is 0 Å². The number of piperidine rings is 1. The molecule has 3 rings (SSSR count). The van der Waals surface area contributed by atoms with Crippen LogP contribution in [0.1, 0.15) is 18.4 Å². The molecule has 0 atom stereocenters. The third kappa shape index (κ3) is 3.72. The highest BCUT2D eigenvalue weighted by atomic mass is 15.1. The van der Waals surface area contributed by atoms with Gasteiger partial charge in [-0.2, -0.15) is 0 Å². The van der Waals surface area contributed by atoms with E-state index in [2.05, 4.69) is 59.5 Å². The molecule has 1 aliphatic rings. The molecule has 1 aliphatic heterocycles. The first-order chi connectivity index (χ1) is 10.3. The van der Waals surface area contributed by atoms with E-state index in [9.17, 15) is 0 Å². The Kier molecular flexibility index (Phi) is 4.69. The van der Waals surface area contributed by atoms with Crippen LogP contribution < -0.4 is 5.73 Å². The van der Waals surface area contributed by atoms with Crippen molar-refractivity contribution >= 4 is 0 Å². The van der Waals surface area contributed by atoms with Crippen molar-refractivity contribution in [1.29, 1.82) is 0 Å². The maximum Gasteiger partial charge on any atom is 0.0233 e. The lowest BCUT2D eigenvalue weighted by Crippen LogP contribution is -2.35. The van der Waals surface area contributed by atoms with Crippen LogP contribution in [-0.2, 0) is 6.54 Å². The maximum atomic E-state index is 5.75. The zero-order valence-corrected chi connectivity index (χ0v) is 12.5. The Morgan fingerprint density at radius 3 is 2.10 bits per heavy atom. The molecule has 1 saturated heterocycles. The molecule has 1 heterocycles. The van der Waals surface area contributed by atoms with Gasteiger partial charge in [0.2, 0.25) is 0 Å². The van der Waals surface area contributed by atoms with Crippen LogP contribution in [0.4, 0.5) is 0 Å². The fourth-order valence-corrected chi connectivity index (χ4v) is 3.07. The van der Waals surface area contributed by atoms with Crippen LogP contribution in [0.2, 0.25) is 0 Å². The number of benzene rings is 2. The largest absolute Gasteiger partial charge is 0.330 e. The monoisotopic (exact) mass is 280 g/mol. The Morgan fingerprint density at radius 1 is 0.857 bits per heavy atom. The topological polar surface area (TPSA) is 29.3 Å². The predicted octanol–water partition coefficient (Wildman–Crippen LogP) is 3.52. The fraction of sp³-hybridized carbons (Fsp3) is 0.368. The Hall–Kier alpha value is -1.64. The van der Waals surface area contributed by atoms with Crippen LogP contribution in [0.3, 0.4) is 0 Å². The van der Waals surface area contributed by atoms with E-state index >= 15 is 0 Å². The lowest BCUT2D eigenvalue weighted by atomic mass is 9.96. The van der Waals surface area contributed by atoms with Gasteiger partial charge in [-0.3, -0.25) is 4.90 Å². The van der Waals surface area contributed by atoms with E-state index in [4.69, 9.17) is 5.73 Å². The normalized spacial score (nSPS) is 17.0. The van der Waals surface area contributed by atoms with Crippen molar-refractivity contribution in [2.24, 2.45) is 11.7 Å². The van der Waals surface area contributed by atoms with Gasteiger partial charge in [0, 0.05) is 6.54 Å². The molecular weight excluding hydrogens is 256 g/mol. The van der Waals surface area contributed by atoms with Gasteiger partial charge in [-0.05, 0) is 55.1 Å². The van der Waals surface area contributed by atoms with Crippen molar-refractivity contribution in [2.75, 3.05) is 19.6 Å². The molecule has 2 aromatic rings. The molecule has 1 fully saturated rings. The average molecular weight is 280 g/mol. The minimum Gasteiger partial charge on any atom is -0.330 e. The highest BCUT2D eigenvalue weighted by Crippen LogP contribution is 2.21. The summed E-state index contributed by atoms with van der Waals surface area (Å²) < 4.78 is 0. The van der Waals surface area contributed by atoms with Gasteiger partial charge in [-0.25, -0.2) is 0 Å². The third-order valence-corrected chi connectivity index (χ3v) is 4.51. The van der Waals surface area contributed by atoms with Crippen molar-refractivity contribution in [3.05, 3.63) is 60.2 Å². The van der Waals surface area contributed by atoms with E-state index in [0.717, 1.165) is 19.0 Å². The number of nitrogens with zero attached hydrogens (tertiary/aromatic N) is 1. The zero-order valence-electron chi connectivity index (χ0n) is 12.5. The van der Waals surface area contributed by atoms with E-state index in [-0.39, 0.29) is 0 Å². The number of likely N-dealkylation sites (tertiary alicyclic amines) is 1. The number of nitrogens with two attached hydrogens (primary N) is 1. The van der Waals surface area contributed by atoms with Crippen molar-refractivity contribution in [1.82, 2.24) is 4.90 Å². The first-order valence-electron chi connectivity index (χ1n) is 7.92. The molecule has 0 amide bonds. The zero-order chi connectivity index (χ0) is 14.5. The van der Waals surface area contributed by atoms with Gasteiger partial charge >= 0.3 is 0 Å². The minimum absolute atomic E-state index is 0.738. The quantitative estimate of drug-likeness (QED) is 0.928. The summed E-state index contributed by atoms with van der Waals surface area (Å²) in [4.78, 5) is 2.55. The third-order valence-electron chi connectivity index (χ3n) is 4.51. The number of rotatable bonds is 4. The van der Waals surface area contributed by atoms with E-state index in [1.54, 1.807) is 0 Å². The molecular formula is C19H24N2. The van der Waals surface area contributed by atoms with Crippen molar-refractivity contribution in [2.45, 2.75) is 19.4 Å². The Morgan fingerprint density at radius 2 is 1.48 bits per heavy atom. The molecule has 0 aromatic heterocycles. The molecule has 2 nitrogen and oxygen atoms in total. The molecule has 0 radical (unpaired) electrons. The molecule has 0 unspecified atom stereocenters. The second kappa shape index (κ2) is 6.88. The fourth-order valence-electron chi connectivity index (χ4n) is 3.07. The van der Waals surface area contributed by atoms with Crippen molar-refractivity contribution < 1.29 is 0 Å². The summed E-state index contributed by atoms with van der Waals surface area (Å²) in [6.07, 6.45) is 2.50. The second-order valence-corrected chi connectivity index (χ2v) is 6.02. The van der Waals surface area contributed by atoms with E-state index in [1.807, 2.05) is 0 Å². The Bertz CT molecular complexity index is 540. The van der Waals surface area contributed by atoms with Crippen LogP contribution in [0.15, 0.2) is 54.6 Å². The summed E-state index contributed by atoms with van der Waals surface area (Å²) in [7, 11) is 0. The molecule has 0 aliphatic carbocycles. The highest BCUT2D eigenvalue weighted by molar-refractivity contribution is 5.63. The highest BCUT2D eigenvalue weighted by Gasteiger charge is 2.17. The van der Waals surface area contributed by atoms with Crippen LogP contribution in [0, 0.1) is 5.92 Å². The van der Waals surface area contributed by atoms with Gasteiger partial charge in [0.15, 0.2) is 0 Å². The molecule has 0 spiro atoms. The van der Waals surface area contributed by atoms with Crippen molar-refractivity contribution in [3.63, 3.8) is 0 Å². The molecule has 110 valence electrons. The number of hydrogen-bond acceptors (Lipinski definition) is 2. The molecule has 0 bridgehead atoms. The predicted molar refractivity (Wildman–Crippen MR) is 88.9 cm³/mol. The second-order valence-electron chi connectivity index (χ2n) is 6.02. The minimum atomic E-state index is 0.738. The molecule has 2 aromatic carbocycles. The first kappa shape index (κ1) is 14.3. The standard InChI is InChI=1S/C19H24N2/c20-14-16-10-12-21(13-11-16)15-17-6-8-19(9-7-17)18-4-2-1-3-5-18/h1-9,16H,10-15,20H2. The van der Waals surface area contributed by atoms with Gasteiger partial charge in [-0.1, -0.05) is 54.6 Å². The van der Waals surface area contributed by atoms with Crippen LogP contribution >= 0.6 is 0 Å². The Labute approximate surface area is 127 Å². The summed E-state index contributed by atoms with van der Waals surface area (Å²) in [5.41, 5.74) is 9.74. The van der Waals surface area contributed by atoms with Gasteiger partial charge < -0.3 is 5.73 Å². The smallest absolute Gasteiger partial charge is 0.0233 e. The van der Waals surface area contributed by atoms with Gasteiger partial charge in [0.25, 0.3) is 0 Å². The summed E-state index contributed by atoms with van der Waals surface area (Å²) in [6, 6.07) is 19.5. The first-order valence-corrected chi connectivity index (χ1v) is 7.92. The SMILES string of the molecule is NCC1CCN(Cc2ccc(-c3ccccc3)cc2)CC1. The molecule has 2 N–H and O–H groups in total. The van der Waals surface area contributed by atoms with Crippen molar-refractivity contribution in [3.8, 4) is 11.1 Å². The van der Waals surface area contributed by atoms with E-state index in [1.165, 1.54) is 42.6 Å². The van der Waals surface area contributed by atoms with Gasteiger partial charge in [0.1, 0.15) is 0 Å².